The van der Waals surface area contributed by atoms with Crippen LogP contribution in [0.4, 0.5) is 0 Å². The topological polar surface area (TPSA) is 66.7 Å². The molecule has 0 fully saturated rings. The molecule has 0 radical (unpaired) electrons. The smallest absolute Gasteiger partial charge is 0.0490 e. The first-order valence-electron chi connectivity index (χ1n) is 5.13. The fourth-order valence-electron chi connectivity index (χ4n) is 1.37. The number of nitrogens with two attached hydrogens (primary N) is 1. The van der Waals surface area contributed by atoms with Crippen LogP contribution in [0.3, 0.4) is 0 Å². The molecule has 0 amide bonds. The molecule has 1 atom stereocenters. The maximum absolute atomic E-state index is 5.67. The van der Waals surface area contributed by atoms with Crippen molar-refractivity contribution in [2.75, 3.05) is 13.1 Å². The number of H-pyrrole nitrogens is 1. The lowest BCUT2D eigenvalue weighted by Crippen LogP contribution is -2.31. The zero-order chi connectivity index (χ0) is 10.4. The van der Waals surface area contributed by atoms with Crippen LogP contribution in [0.25, 0.3) is 0 Å². The summed E-state index contributed by atoms with van der Waals surface area (Å²) >= 11 is 0. The second-order valence-corrected chi connectivity index (χ2v) is 3.95. The predicted molar refractivity (Wildman–Crippen MR) is 57.7 cm³/mol. The molecule has 1 rings (SSSR count). The highest BCUT2D eigenvalue weighted by Gasteiger charge is 2.10. The molecule has 0 saturated carbocycles. The lowest BCUT2D eigenvalue weighted by atomic mass is 9.96. The summed E-state index contributed by atoms with van der Waals surface area (Å²) in [5.41, 5.74) is 6.79. The first-order chi connectivity index (χ1) is 6.74. The minimum Gasteiger partial charge on any atom is -0.330 e. The Morgan fingerprint density at radius 2 is 2.36 bits per heavy atom. The summed E-state index contributed by atoms with van der Waals surface area (Å²) in [6.07, 6.45) is 1.76. The molecule has 0 aromatic carbocycles. The van der Waals surface area contributed by atoms with E-state index in [1.165, 1.54) is 0 Å². The molecule has 0 aliphatic rings. The van der Waals surface area contributed by atoms with Gasteiger partial charge in [-0.3, -0.25) is 5.10 Å². The first kappa shape index (κ1) is 11.2. The van der Waals surface area contributed by atoms with Gasteiger partial charge in [0.05, 0.1) is 0 Å². The minimum absolute atomic E-state index is 0.554. The summed E-state index contributed by atoms with van der Waals surface area (Å²) in [6, 6.07) is 1.97. The van der Waals surface area contributed by atoms with Crippen molar-refractivity contribution in [3.8, 4) is 0 Å². The number of hydrogen-bond donors (Lipinski definition) is 3. The van der Waals surface area contributed by atoms with Crippen LogP contribution in [0.15, 0.2) is 12.3 Å². The third kappa shape index (κ3) is 3.47. The Kier molecular flexibility index (Phi) is 4.62. The van der Waals surface area contributed by atoms with Crippen LogP contribution in [0.5, 0.6) is 0 Å². The lowest BCUT2D eigenvalue weighted by Gasteiger charge is -2.18. The lowest BCUT2D eigenvalue weighted by molar-refractivity contribution is 0.370. The molecule has 0 aliphatic heterocycles. The number of rotatable bonds is 6. The van der Waals surface area contributed by atoms with E-state index in [1.54, 1.807) is 6.20 Å². The molecule has 4 N–H and O–H groups in total. The number of aromatic nitrogens is 2. The summed E-state index contributed by atoms with van der Waals surface area (Å²) in [5, 5.41) is 10.2. The van der Waals surface area contributed by atoms with Crippen LogP contribution in [0.2, 0.25) is 0 Å². The summed E-state index contributed by atoms with van der Waals surface area (Å²) < 4.78 is 0. The van der Waals surface area contributed by atoms with E-state index in [2.05, 4.69) is 29.4 Å². The molecule has 1 aromatic heterocycles. The van der Waals surface area contributed by atoms with Crippen LogP contribution in [0.1, 0.15) is 19.5 Å². The largest absolute Gasteiger partial charge is 0.330 e. The van der Waals surface area contributed by atoms with Crippen LogP contribution in [-0.2, 0) is 6.54 Å². The third-order valence-electron chi connectivity index (χ3n) is 2.53. The maximum Gasteiger partial charge on any atom is 0.0490 e. The van der Waals surface area contributed by atoms with Gasteiger partial charge in [0, 0.05) is 18.4 Å². The van der Waals surface area contributed by atoms with Gasteiger partial charge in [-0.1, -0.05) is 13.8 Å². The fourth-order valence-corrected chi connectivity index (χ4v) is 1.37. The number of nitrogens with zero attached hydrogens (tertiary/aromatic N) is 1. The monoisotopic (exact) mass is 196 g/mol. The Bertz CT molecular complexity index is 230. The quantitative estimate of drug-likeness (QED) is 0.628. The molecule has 4 heteroatoms. The van der Waals surface area contributed by atoms with Gasteiger partial charge in [0.15, 0.2) is 0 Å². The van der Waals surface area contributed by atoms with Gasteiger partial charge in [-0.05, 0) is 31.0 Å². The molecule has 0 spiro atoms. The molecular formula is C10H20N4. The standard InChI is InChI=1S/C10H20N4/c1-8(2)9(5-11)6-12-7-10-3-4-13-14-10/h3-4,8-9,12H,5-7,11H2,1-2H3,(H,13,14). The number of nitrogens with one attached hydrogen (secondary N) is 2. The molecule has 0 bridgehead atoms. The van der Waals surface area contributed by atoms with Gasteiger partial charge >= 0.3 is 0 Å². The van der Waals surface area contributed by atoms with Gasteiger partial charge in [0.25, 0.3) is 0 Å². The SMILES string of the molecule is CC(C)C(CN)CNCc1ccn[nH]1. The maximum atomic E-state index is 5.67. The van der Waals surface area contributed by atoms with Crippen molar-refractivity contribution in [2.45, 2.75) is 20.4 Å². The van der Waals surface area contributed by atoms with Gasteiger partial charge in [0.1, 0.15) is 0 Å². The Morgan fingerprint density at radius 1 is 1.57 bits per heavy atom. The van der Waals surface area contributed by atoms with Gasteiger partial charge in [-0.2, -0.15) is 5.10 Å². The van der Waals surface area contributed by atoms with Crippen LogP contribution < -0.4 is 11.1 Å². The Balaban J connectivity index is 2.20. The molecule has 1 aromatic rings. The van der Waals surface area contributed by atoms with Crippen molar-refractivity contribution in [1.82, 2.24) is 15.5 Å². The number of hydrogen-bond acceptors (Lipinski definition) is 3. The highest BCUT2D eigenvalue weighted by Crippen LogP contribution is 2.07. The zero-order valence-electron chi connectivity index (χ0n) is 8.96. The molecule has 4 nitrogen and oxygen atoms in total. The number of aromatic amines is 1. The molecule has 1 unspecified atom stereocenters. The molecule has 14 heavy (non-hydrogen) atoms. The Morgan fingerprint density at radius 3 is 2.86 bits per heavy atom. The third-order valence-corrected chi connectivity index (χ3v) is 2.53. The van der Waals surface area contributed by atoms with Crippen LogP contribution >= 0.6 is 0 Å². The minimum atomic E-state index is 0.554. The van der Waals surface area contributed by atoms with Crippen molar-refractivity contribution >= 4 is 0 Å². The van der Waals surface area contributed by atoms with E-state index in [9.17, 15) is 0 Å². The van der Waals surface area contributed by atoms with Gasteiger partial charge < -0.3 is 11.1 Å². The van der Waals surface area contributed by atoms with E-state index in [0.29, 0.717) is 11.8 Å². The van der Waals surface area contributed by atoms with E-state index in [4.69, 9.17) is 5.73 Å². The fraction of sp³-hybridized carbons (Fsp3) is 0.700. The average molecular weight is 196 g/mol. The van der Waals surface area contributed by atoms with E-state index >= 15 is 0 Å². The highest BCUT2D eigenvalue weighted by molar-refractivity contribution is 4.96. The van der Waals surface area contributed by atoms with Crippen LogP contribution in [0, 0.1) is 11.8 Å². The highest BCUT2D eigenvalue weighted by atomic mass is 15.1. The van der Waals surface area contributed by atoms with Gasteiger partial charge in [-0.15, -0.1) is 0 Å². The molecule has 1 heterocycles. The second-order valence-electron chi connectivity index (χ2n) is 3.95. The summed E-state index contributed by atoms with van der Waals surface area (Å²) in [5.74, 6) is 1.19. The molecular weight excluding hydrogens is 176 g/mol. The van der Waals surface area contributed by atoms with E-state index < -0.39 is 0 Å². The molecule has 0 aliphatic carbocycles. The van der Waals surface area contributed by atoms with E-state index in [-0.39, 0.29) is 0 Å². The van der Waals surface area contributed by atoms with Crippen LogP contribution in [-0.4, -0.2) is 23.3 Å². The van der Waals surface area contributed by atoms with Crippen molar-refractivity contribution in [3.63, 3.8) is 0 Å². The van der Waals surface area contributed by atoms with Gasteiger partial charge in [-0.25, -0.2) is 0 Å². The normalized spacial score (nSPS) is 13.4. The molecule has 80 valence electrons. The van der Waals surface area contributed by atoms with Crippen molar-refractivity contribution in [1.29, 1.82) is 0 Å². The van der Waals surface area contributed by atoms with E-state index in [1.807, 2.05) is 6.07 Å². The first-order valence-corrected chi connectivity index (χ1v) is 5.13. The summed E-state index contributed by atoms with van der Waals surface area (Å²) in [7, 11) is 0. The van der Waals surface area contributed by atoms with Crippen molar-refractivity contribution in [2.24, 2.45) is 17.6 Å². The predicted octanol–water partition coefficient (Wildman–Crippen LogP) is 0.730. The molecule has 0 saturated heterocycles. The van der Waals surface area contributed by atoms with Crippen molar-refractivity contribution in [3.05, 3.63) is 18.0 Å². The van der Waals surface area contributed by atoms with Crippen molar-refractivity contribution < 1.29 is 0 Å². The zero-order valence-corrected chi connectivity index (χ0v) is 8.96. The Hall–Kier alpha value is -0.870. The average Bonchev–Trinajstić information content (AvgIpc) is 2.64. The summed E-state index contributed by atoms with van der Waals surface area (Å²) in [4.78, 5) is 0. The van der Waals surface area contributed by atoms with E-state index in [0.717, 1.165) is 25.3 Å². The summed E-state index contributed by atoms with van der Waals surface area (Å²) in [6.45, 7) is 6.95. The Labute approximate surface area is 85.3 Å². The van der Waals surface area contributed by atoms with Gasteiger partial charge in [0.2, 0.25) is 0 Å². The second kappa shape index (κ2) is 5.78.